The van der Waals surface area contributed by atoms with Gasteiger partial charge in [0.05, 0.1) is 21.8 Å². The van der Waals surface area contributed by atoms with Crippen LogP contribution in [0.15, 0.2) is 75.8 Å². The molecule has 1 amide bonds. The van der Waals surface area contributed by atoms with Crippen molar-refractivity contribution in [2.45, 2.75) is 13.8 Å². The van der Waals surface area contributed by atoms with Gasteiger partial charge in [0.15, 0.2) is 4.32 Å². The molecule has 1 saturated heterocycles. The molecule has 0 bridgehead atoms. The lowest BCUT2D eigenvalue weighted by Crippen LogP contribution is -2.33. The van der Waals surface area contributed by atoms with Crippen molar-refractivity contribution in [1.82, 2.24) is 18.7 Å². The molecule has 0 radical (unpaired) electrons. The first-order valence-corrected chi connectivity index (χ1v) is 12.9. The monoisotopic (exact) mass is 544 g/mol. The van der Waals surface area contributed by atoms with Gasteiger partial charge in [-0.2, -0.15) is 0 Å². The third kappa shape index (κ3) is 4.19. The Hall–Kier alpha value is -4.22. The number of amides is 1. The predicted octanol–water partition coefficient (Wildman–Crippen LogP) is 3.80. The maximum Gasteiger partial charge on any atom is 0.296 e. The number of anilines is 2. The molecule has 0 unspecified atom stereocenters. The predicted molar refractivity (Wildman–Crippen MR) is 156 cm³/mol. The van der Waals surface area contributed by atoms with E-state index in [1.807, 2.05) is 43.3 Å². The number of thiocarbonyl (C=S) groups is 1. The highest BCUT2D eigenvalue weighted by molar-refractivity contribution is 8.27. The Kier molecular flexibility index (Phi) is 6.64. The van der Waals surface area contributed by atoms with Crippen LogP contribution in [-0.4, -0.2) is 35.5 Å². The maximum absolute atomic E-state index is 13.7. The fraction of sp³-hybridized carbons (Fsp3) is 0.148. The van der Waals surface area contributed by atoms with Gasteiger partial charge in [0.2, 0.25) is 0 Å². The molecule has 5 rings (SSSR count). The number of aromatic nitrogens is 4. The average Bonchev–Trinajstić information content (AvgIpc) is 3.30. The number of carbonyl (C=O) groups is 1. The van der Waals surface area contributed by atoms with E-state index in [0.717, 1.165) is 17.3 Å². The van der Waals surface area contributed by atoms with Crippen LogP contribution in [0.5, 0.6) is 0 Å². The van der Waals surface area contributed by atoms with Gasteiger partial charge in [-0.25, -0.2) is 9.67 Å². The van der Waals surface area contributed by atoms with Gasteiger partial charge >= 0.3 is 0 Å². The van der Waals surface area contributed by atoms with E-state index in [0.29, 0.717) is 29.4 Å². The number of nitrogens with zero attached hydrogens (tertiary/aromatic N) is 5. The first-order chi connectivity index (χ1) is 18.2. The van der Waals surface area contributed by atoms with Crippen molar-refractivity contribution in [3.8, 4) is 5.69 Å². The number of hydrogen-bond acceptors (Lipinski definition) is 7. The van der Waals surface area contributed by atoms with Crippen LogP contribution < -0.4 is 21.3 Å². The number of hydrogen-bond donors (Lipinski definition) is 1. The van der Waals surface area contributed by atoms with Crippen LogP contribution in [0, 0.1) is 13.8 Å². The summed E-state index contributed by atoms with van der Waals surface area (Å²) in [5.74, 6) is -0.152. The Balaban J connectivity index is 1.63. The number of pyridine rings is 1. The molecule has 0 atom stereocenters. The van der Waals surface area contributed by atoms with E-state index in [1.165, 1.54) is 20.1 Å². The summed E-state index contributed by atoms with van der Waals surface area (Å²) in [5.41, 5.74) is 2.28. The van der Waals surface area contributed by atoms with Crippen molar-refractivity contribution in [2.75, 3.05) is 16.8 Å². The average molecular weight is 545 g/mol. The highest BCUT2D eigenvalue weighted by atomic mass is 32.2. The largest absolute Gasteiger partial charge is 0.366 e. The molecule has 1 aliphatic heterocycles. The van der Waals surface area contributed by atoms with E-state index in [-0.39, 0.29) is 31.6 Å². The maximum atomic E-state index is 13.7. The van der Waals surface area contributed by atoms with Crippen molar-refractivity contribution in [1.29, 1.82) is 0 Å². The Bertz CT molecular complexity index is 1780. The van der Waals surface area contributed by atoms with Crippen molar-refractivity contribution < 1.29 is 4.79 Å². The molecule has 0 spiro atoms. The second-order valence-corrected chi connectivity index (χ2v) is 10.4. The lowest BCUT2D eigenvalue weighted by atomic mass is 10.2. The fourth-order valence-electron chi connectivity index (χ4n) is 4.30. The van der Waals surface area contributed by atoms with E-state index in [1.54, 1.807) is 37.0 Å². The molecule has 192 valence electrons. The number of thioether (sulfide) groups is 1. The van der Waals surface area contributed by atoms with E-state index in [2.05, 4.69) is 16.9 Å². The number of rotatable bonds is 6. The summed E-state index contributed by atoms with van der Waals surface area (Å²) in [4.78, 5) is 46.7. The Labute approximate surface area is 227 Å². The lowest BCUT2D eigenvalue weighted by Gasteiger charge is -2.12. The summed E-state index contributed by atoms with van der Waals surface area (Å²) >= 11 is 6.59. The van der Waals surface area contributed by atoms with Crippen LogP contribution >= 0.6 is 24.0 Å². The van der Waals surface area contributed by atoms with E-state index >= 15 is 0 Å². The van der Waals surface area contributed by atoms with E-state index in [4.69, 9.17) is 12.2 Å². The Morgan fingerprint density at radius 2 is 1.82 bits per heavy atom. The zero-order valence-corrected chi connectivity index (χ0v) is 22.6. The zero-order valence-electron chi connectivity index (χ0n) is 21.0. The molecule has 1 fully saturated rings. The van der Waals surface area contributed by atoms with E-state index < -0.39 is 5.91 Å². The van der Waals surface area contributed by atoms with Gasteiger partial charge in [0.25, 0.3) is 17.0 Å². The summed E-state index contributed by atoms with van der Waals surface area (Å²) in [6, 6.07) is 12.8. The molecule has 0 saturated carbocycles. The van der Waals surface area contributed by atoms with Gasteiger partial charge in [0, 0.05) is 19.8 Å². The molecule has 1 aliphatic rings. The van der Waals surface area contributed by atoms with Crippen molar-refractivity contribution >= 4 is 57.4 Å². The topological polar surface area (TPSA) is 93.6 Å². The molecule has 4 aromatic rings. The molecular formula is C27H24N6O3S2. The quantitative estimate of drug-likeness (QED) is 0.224. The number of nitrogens with one attached hydrogen (secondary N) is 1. The highest BCUT2D eigenvalue weighted by Crippen LogP contribution is 2.36. The fourth-order valence-corrected chi connectivity index (χ4v) is 5.55. The smallest absolute Gasteiger partial charge is 0.296 e. The van der Waals surface area contributed by atoms with Crippen LogP contribution in [0.4, 0.5) is 11.5 Å². The van der Waals surface area contributed by atoms with Crippen molar-refractivity contribution in [2.24, 2.45) is 7.05 Å². The third-order valence-electron chi connectivity index (χ3n) is 6.24. The van der Waals surface area contributed by atoms with Gasteiger partial charge in [-0.05, 0) is 43.7 Å². The molecule has 4 heterocycles. The number of carbonyl (C=O) groups excluding carboxylic acids is 1. The molecule has 0 aliphatic carbocycles. The summed E-state index contributed by atoms with van der Waals surface area (Å²) in [7, 11) is 1.75. The van der Waals surface area contributed by atoms with Crippen molar-refractivity contribution in [3.05, 3.63) is 104 Å². The summed E-state index contributed by atoms with van der Waals surface area (Å²) < 4.78 is 4.83. The first kappa shape index (κ1) is 25.4. The SMILES string of the molecule is C=CCNc1nc2ccc(C)cn2c(=O)c1/C=C1/SC(=S)N(c2c(C)n(C)n(-c3ccccc3)c2=O)C1=O. The number of aryl methyl sites for hydroxylation is 1. The molecular weight excluding hydrogens is 520 g/mol. The minimum atomic E-state index is -0.477. The molecule has 1 N–H and O–H groups in total. The number of para-hydroxylation sites is 1. The van der Waals surface area contributed by atoms with Crippen LogP contribution in [-0.2, 0) is 11.8 Å². The van der Waals surface area contributed by atoms with E-state index in [9.17, 15) is 14.4 Å². The van der Waals surface area contributed by atoms with Gasteiger partial charge in [-0.3, -0.25) is 28.4 Å². The molecule has 11 heteroatoms. The van der Waals surface area contributed by atoms with Crippen LogP contribution in [0.25, 0.3) is 17.4 Å². The van der Waals surface area contributed by atoms with Gasteiger partial charge in [0.1, 0.15) is 17.2 Å². The molecule has 1 aromatic carbocycles. The first-order valence-electron chi connectivity index (χ1n) is 11.7. The Morgan fingerprint density at radius 3 is 2.53 bits per heavy atom. The molecule has 9 nitrogen and oxygen atoms in total. The minimum absolute atomic E-state index is 0.177. The second kappa shape index (κ2) is 9.92. The normalized spacial score (nSPS) is 14.6. The minimum Gasteiger partial charge on any atom is -0.366 e. The zero-order chi connectivity index (χ0) is 27.1. The Morgan fingerprint density at radius 1 is 1.08 bits per heavy atom. The third-order valence-corrected chi connectivity index (χ3v) is 7.54. The lowest BCUT2D eigenvalue weighted by molar-refractivity contribution is -0.113. The van der Waals surface area contributed by atoms with Gasteiger partial charge in [-0.15, -0.1) is 6.58 Å². The highest BCUT2D eigenvalue weighted by Gasteiger charge is 2.38. The van der Waals surface area contributed by atoms with Gasteiger partial charge in [-0.1, -0.05) is 54.3 Å². The van der Waals surface area contributed by atoms with Gasteiger partial charge < -0.3 is 5.32 Å². The van der Waals surface area contributed by atoms with Crippen LogP contribution in [0.2, 0.25) is 0 Å². The van der Waals surface area contributed by atoms with Crippen molar-refractivity contribution in [3.63, 3.8) is 0 Å². The van der Waals surface area contributed by atoms with Crippen LogP contribution in [0.1, 0.15) is 16.8 Å². The molecule has 38 heavy (non-hydrogen) atoms. The summed E-state index contributed by atoms with van der Waals surface area (Å²) in [6.45, 7) is 7.73. The summed E-state index contributed by atoms with van der Waals surface area (Å²) in [6.07, 6.45) is 4.84. The van der Waals surface area contributed by atoms with Crippen LogP contribution in [0.3, 0.4) is 0 Å². The molecule has 3 aromatic heterocycles. The second-order valence-electron chi connectivity index (χ2n) is 8.71. The summed E-state index contributed by atoms with van der Waals surface area (Å²) in [5, 5.41) is 3.09. The standard InChI is InChI=1S/C27H24N6O3S2/c1-5-13-28-23-19(24(34)31-15-16(2)11-12-21(31)29-23)14-20-25(35)32(27(37)38-20)22-17(3)30(4)33(26(22)36)18-9-7-6-8-10-18/h5-12,14-15,28H,1,13H2,2-4H3/b20-14+. The number of benzene rings is 1. The number of fused-ring (bicyclic) bond motifs is 1.